The van der Waals surface area contributed by atoms with E-state index in [1.54, 1.807) is 18.2 Å². The second-order valence-corrected chi connectivity index (χ2v) is 7.24. The maximum absolute atomic E-state index is 12.5. The number of aromatic nitrogens is 2. The smallest absolute Gasteiger partial charge is 0.266 e. The predicted octanol–water partition coefficient (Wildman–Crippen LogP) is 4.07. The van der Waals surface area contributed by atoms with Crippen LogP contribution in [0.5, 0.6) is 0 Å². The Labute approximate surface area is 169 Å². The number of nitro groups is 1. The molecule has 0 saturated carbocycles. The molecule has 4 rings (SSSR count). The quantitative estimate of drug-likeness (QED) is 0.307. The first kappa shape index (κ1) is 18.5. The van der Waals surface area contributed by atoms with E-state index >= 15 is 0 Å². The zero-order valence-electron chi connectivity index (χ0n) is 15.3. The number of hydrogen-bond donors (Lipinski definition) is 1. The highest BCUT2D eigenvalue weighted by atomic mass is 32.1. The molecule has 2 aromatic heterocycles. The molecule has 29 heavy (non-hydrogen) atoms. The van der Waals surface area contributed by atoms with E-state index in [0.717, 1.165) is 21.6 Å². The van der Waals surface area contributed by atoms with E-state index in [2.05, 4.69) is 15.6 Å². The number of nitrogens with one attached hydrogen (secondary N) is 1. The highest BCUT2D eigenvalue weighted by molar-refractivity contribution is 7.20. The summed E-state index contributed by atoms with van der Waals surface area (Å²) in [4.78, 5) is 24.2. The van der Waals surface area contributed by atoms with Gasteiger partial charge in [-0.1, -0.05) is 30.3 Å². The zero-order valence-corrected chi connectivity index (χ0v) is 16.1. The molecule has 2 heterocycles. The molecule has 0 spiro atoms. The summed E-state index contributed by atoms with van der Waals surface area (Å²) in [6, 6.07) is 17.5. The number of thiophene rings is 1. The van der Waals surface area contributed by atoms with Crippen molar-refractivity contribution in [1.82, 2.24) is 15.2 Å². The second-order valence-electron chi connectivity index (χ2n) is 6.21. The summed E-state index contributed by atoms with van der Waals surface area (Å²) in [6.45, 7) is 1.90. The van der Waals surface area contributed by atoms with Crippen molar-refractivity contribution in [1.29, 1.82) is 0 Å². The fourth-order valence-corrected chi connectivity index (χ4v) is 3.92. The Morgan fingerprint density at radius 1 is 1.21 bits per heavy atom. The fraction of sp³-hybridized carbons (Fsp3) is 0.0500. The van der Waals surface area contributed by atoms with Crippen molar-refractivity contribution >= 4 is 39.4 Å². The van der Waals surface area contributed by atoms with Gasteiger partial charge in [-0.15, -0.1) is 11.3 Å². The Morgan fingerprint density at radius 2 is 2.00 bits per heavy atom. The van der Waals surface area contributed by atoms with Gasteiger partial charge in [0.2, 0.25) is 0 Å². The lowest BCUT2D eigenvalue weighted by atomic mass is 10.2. The van der Waals surface area contributed by atoms with Crippen molar-refractivity contribution < 1.29 is 9.72 Å². The van der Waals surface area contributed by atoms with E-state index in [-0.39, 0.29) is 11.6 Å². The summed E-state index contributed by atoms with van der Waals surface area (Å²) in [6.07, 6.45) is 1.37. The highest BCUT2D eigenvalue weighted by Gasteiger charge is 2.16. The molecule has 0 aliphatic heterocycles. The van der Waals surface area contributed by atoms with Gasteiger partial charge in [0.1, 0.15) is 4.83 Å². The van der Waals surface area contributed by atoms with Crippen LogP contribution in [0.2, 0.25) is 0 Å². The van der Waals surface area contributed by atoms with Crippen LogP contribution in [0.4, 0.5) is 5.69 Å². The average Bonchev–Trinajstić information content (AvgIpc) is 3.29. The number of hydrogen-bond acceptors (Lipinski definition) is 6. The molecule has 9 heteroatoms. The first-order valence-corrected chi connectivity index (χ1v) is 9.47. The van der Waals surface area contributed by atoms with Gasteiger partial charge < -0.3 is 0 Å². The topological polar surface area (TPSA) is 102 Å². The SMILES string of the molecule is Cc1nn(-c2ccccc2)c2sc(C(=O)N/N=C/c3cccc([N+](=O)[O-])c3)cc12. The Morgan fingerprint density at radius 3 is 2.76 bits per heavy atom. The lowest BCUT2D eigenvalue weighted by molar-refractivity contribution is -0.384. The van der Waals surface area contributed by atoms with Crippen LogP contribution >= 0.6 is 11.3 Å². The Balaban J connectivity index is 1.55. The first-order valence-electron chi connectivity index (χ1n) is 8.65. The number of fused-ring (bicyclic) bond motifs is 1. The summed E-state index contributed by atoms with van der Waals surface area (Å²) >= 11 is 1.33. The molecule has 1 amide bonds. The molecule has 1 N–H and O–H groups in total. The van der Waals surface area contributed by atoms with Gasteiger partial charge in [0.05, 0.1) is 27.4 Å². The number of carbonyl (C=O) groups excluding carboxylic acids is 1. The van der Waals surface area contributed by atoms with Crippen LogP contribution in [0.1, 0.15) is 20.9 Å². The van der Waals surface area contributed by atoms with Gasteiger partial charge in [-0.3, -0.25) is 14.9 Å². The molecule has 8 nitrogen and oxygen atoms in total. The van der Waals surface area contributed by atoms with Crippen molar-refractivity contribution in [2.75, 3.05) is 0 Å². The van der Waals surface area contributed by atoms with Gasteiger partial charge in [-0.05, 0) is 25.1 Å². The first-order chi connectivity index (χ1) is 14.0. The van der Waals surface area contributed by atoms with E-state index < -0.39 is 4.92 Å². The molecular weight excluding hydrogens is 390 g/mol. The lowest BCUT2D eigenvalue weighted by Crippen LogP contribution is -2.16. The number of para-hydroxylation sites is 1. The van der Waals surface area contributed by atoms with E-state index in [0.29, 0.717) is 10.4 Å². The maximum Gasteiger partial charge on any atom is 0.281 e. The predicted molar refractivity (Wildman–Crippen MR) is 112 cm³/mol. The number of non-ortho nitro benzene ring substituents is 1. The van der Waals surface area contributed by atoms with Crippen LogP contribution in [-0.4, -0.2) is 26.8 Å². The minimum Gasteiger partial charge on any atom is -0.266 e. The molecule has 0 unspecified atom stereocenters. The number of benzene rings is 2. The lowest BCUT2D eigenvalue weighted by Gasteiger charge is -2.01. The molecule has 4 aromatic rings. The normalized spacial score (nSPS) is 11.2. The summed E-state index contributed by atoms with van der Waals surface area (Å²) in [7, 11) is 0. The van der Waals surface area contributed by atoms with E-state index in [4.69, 9.17) is 0 Å². The van der Waals surface area contributed by atoms with E-state index in [1.807, 2.05) is 41.9 Å². The zero-order chi connectivity index (χ0) is 20.4. The summed E-state index contributed by atoms with van der Waals surface area (Å²) in [5.74, 6) is -0.355. The number of rotatable bonds is 5. The molecule has 0 aliphatic carbocycles. The van der Waals surface area contributed by atoms with Crippen molar-refractivity contribution in [2.24, 2.45) is 5.10 Å². The van der Waals surface area contributed by atoms with Crippen molar-refractivity contribution in [3.8, 4) is 5.69 Å². The summed E-state index contributed by atoms with van der Waals surface area (Å²) in [5, 5.41) is 20.2. The van der Waals surface area contributed by atoms with Crippen molar-refractivity contribution in [3.63, 3.8) is 0 Å². The summed E-state index contributed by atoms with van der Waals surface area (Å²) in [5.41, 5.74) is 4.70. The third-order valence-corrected chi connectivity index (χ3v) is 5.34. The molecular formula is C20H15N5O3S. The number of amides is 1. The minimum absolute atomic E-state index is 0.0364. The molecule has 0 aliphatic rings. The molecule has 0 radical (unpaired) electrons. The number of nitro benzene ring substituents is 1. The number of aryl methyl sites for hydroxylation is 1. The standard InChI is InChI=1S/C20H15N5O3S/c1-13-17-11-18(29-20(17)24(23-13)15-7-3-2-4-8-15)19(26)22-21-12-14-6-5-9-16(10-14)25(27)28/h2-12H,1H3,(H,22,26)/b21-12+. The molecule has 144 valence electrons. The van der Waals surface area contributed by atoms with Crippen molar-refractivity contribution in [2.45, 2.75) is 6.92 Å². The van der Waals surface area contributed by atoms with Gasteiger partial charge in [0.25, 0.3) is 11.6 Å². The van der Waals surface area contributed by atoms with Gasteiger partial charge in [0, 0.05) is 23.1 Å². The molecule has 0 fully saturated rings. The Kier molecular flexibility index (Phi) is 4.88. The van der Waals surface area contributed by atoms with Crippen LogP contribution in [-0.2, 0) is 0 Å². The van der Waals surface area contributed by atoms with Crippen LogP contribution in [0.25, 0.3) is 15.9 Å². The summed E-state index contributed by atoms with van der Waals surface area (Å²) < 4.78 is 1.82. The van der Waals surface area contributed by atoms with Crippen LogP contribution < -0.4 is 5.43 Å². The van der Waals surface area contributed by atoms with Crippen LogP contribution in [0.15, 0.2) is 65.8 Å². The second kappa shape index (κ2) is 7.64. The van der Waals surface area contributed by atoms with Crippen LogP contribution in [0.3, 0.4) is 0 Å². The Hall–Kier alpha value is -3.85. The highest BCUT2D eigenvalue weighted by Crippen LogP contribution is 2.30. The third-order valence-electron chi connectivity index (χ3n) is 4.23. The molecule has 0 saturated heterocycles. The minimum atomic E-state index is -0.481. The number of carbonyl (C=O) groups is 1. The molecule has 2 aromatic carbocycles. The number of hydrazone groups is 1. The van der Waals surface area contributed by atoms with Gasteiger partial charge in [-0.2, -0.15) is 10.2 Å². The third kappa shape index (κ3) is 3.76. The van der Waals surface area contributed by atoms with E-state index in [9.17, 15) is 14.9 Å². The van der Waals surface area contributed by atoms with Crippen LogP contribution in [0, 0.1) is 17.0 Å². The fourth-order valence-electron chi connectivity index (χ4n) is 2.84. The van der Waals surface area contributed by atoms with E-state index in [1.165, 1.54) is 29.7 Å². The van der Waals surface area contributed by atoms with Gasteiger partial charge >= 0.3 is 0 Å². The van der Waals surface area contributed by atoms with Gasteiger partial charge in [0.15, 0.2) is 0 Å². The maximum atomic E-state index is 12.5. The molecule has 0 atom stereocenters. The monoisotopic (exact) mass is 405 g/mol. The average molecular weight is 405 g/mol. The Bertz CT molecular complexity index is 1240. The number of nitrogens with zero attached hydrogens (tertiary/aromatic N) is 4. The van der Waals surface area contributed by atoms with Crippen molar-refractivity contribution in [3.05, 3.63) is 86.9 Å². The largest absolute Gasteiger partial charge is 0.281 e. The van der Waals surface area contributed by atoms with Gasteiger partial charge in [-0.25, -0.2) is 10.1 Å². The molecule has 0 bridgehead atoms.